The van der Waals surface area contributed by atoms with Crippen LogP contribution in [0.5, 0.6) is 0 Å². The van der Waals surface area contributed by atoms with Crippen molar-refractivity contribution in [3.63, 3.8) is 0 Å². The molecular formula is C13H21BrN2O. The normalized spacial score (nSPS) is 13.7. The van der Waals surface area contributed by atoms with Crippen molar-refractivity contribution in [2.45, 2.75) is 38.3 Å². The molecule has 1 rings (SSSR count). The molecule has 0 saturated heterocycles. The molecule has 1 unspecified atom stereocenters. The molecule has 0 spiro atoms. The van der Waals surface area contributed by atoms with Crippen LogP contribution in [0.25, 0.3) is 0 Å². The zero-order chi connectivity index (χ0) is 12.9. The van der Waals surface area contributed by atoms with Gasteiger partial charge in [-0.05, 0) is 55.4 Å². The number of nitrogens with zero attached hydrogens (tertiary/aromatic N) is 1. The molecule has 0 aromatic carbocycles. The van der Waals surface area contributed by atoms with Gasteiger partial charge in [-0.2, -0.15) is 0 Å². The maximum absolute atomic E-state index is 5.46. The van der Waals surface area contributed by atoms with Crippen molar-refractivity contribution in [1.82, 2.24) is 10.3 Å². The Bertz CT molecular complexity index is 338. The first-order valence-electron chi connectivity index (χ1n) is 5.79. The number of nitrogens with one attached hydrogen (secondary N) is 1. The number of hydrogen-bond acceptors (Lipinski definition) is 3. The Morgan fingerprint density at radius 1 is 1.47 bits per heavy atom. The van der Waals surface area contributed by atoms with Crippen LogP contribution in [0.1, 0.15) is 26.0 Å². The molecule has 0 aliphatic carbocycles. The van der Waals surface area contributed by atoms with Crippen molar-refractivity contribution in [1.29, 1.82) is 0 Å². The molecule has 0 bridgehead atoms. The lowest BCUT2D eigenvalue weighted by atomic mass is 9.95. The van der Waals surface area contributed by atoms with Crippen LogP contribution in [0, 0.1) is 0 Å². The summed E-state index contributed by atoms with van der Waals surface area (Å²) in [5, 5.41) is 3.32. The van der Waals surface area contributed by atoms with Crippen LogP contribution >= 0.6 is 15.9 Å². The largest absolute Gasteiger partial charge is 0.379 e. The van der Waals surface area contributed by atoms with Crippen LogP contribution in [-0.2, 0) is 11.2 Å². The third kappa shape index (κ3) is 5.15. The van der Waals surface area contributed by atoms with E-state index in [1.165, 1.54) is 0 Å². The van der Waals surface area contributed by atoms with Gasteiger partial charge in [0.1, 0.15) is 0 Å². The average molecular weight is 301 g/mol. The van der Waals surface area contributed by atoms with Gasteiger partial charge in [-0.25, -0.2) is 0 Å². The van der Waals surface area contributed by atoms with E-state index in [0.717, 1.165) is 23.0 Å². The molecule has 4 heteroatoms. The third-order valence-corrected chi connectivity index (χ3v) is 3.41. The highest BCUT2D eigenvalue weighted by atomic mass is 79.9. The van der Waals surface area contributed by atoms with Crippen molar-refractivity contribution >= 4 is 15.9 Å². The van der Waals surface area contributed by atoms with Gasteiger partial charge in [0.2, 0.25) is 0 Å². The molecule has 1 aromatic rings. The molecule has 96 valence electrons. The maximum atomic E-state index is 5.46. The predicted octanol–water partition coefficient (Wildman–Crippen LogP) is 2.79. The Morgan fingerprint density at radius 3 is 2.65 bits per heavy atom. The van der Waals surface area contributed by atoms with E-state index in [0.29, 0.717) is 6.04 Å². The Morgan fingerprint density at radius 2 is 2.18 bits per heavy atom. The fourth-order valence-electron chi connectivity index (χ4n) is 1.73. The predicted molar refractivity (Wildman–Crippen MR) is 74.2 cm³/mol. The highest BCUT2D eigenvalue weighted by Gasteiger charge is 2.22. The van der Waals surface area contributed by atoms with E-state index in [9.17, 15) is 0 Å². The molecule has 3 nitrogen and oxygen atoms in total. The van der Waals surface area contributed by atoms with Crippen LogP contribution < -0.4 is 5.32 Å². The summed E-state index contributed by atoms with van der Waals surface area (Å²) in [7, 11) is 3.74. The van der Waals surface area contributed by atoms with Crippen LogP contribution in [0.4, 0.5) is 0 Å². The van der Waals surface area contributed by atoms with Gasteiger partial charge in [-0.15, -0.1) is 0 Å². The minimum absolute atomic E-state index is 0.108. The van der Waals surface area contributed by atoms with Crippen molar-refractivity contribution in [3.8, 4) is 0 Å². The minimum Gasteiger partial charge on any atom is -0.379 e. The van der Waals surface area contributed by atoms with Crippen molar-refractivity contribution in [2.75, 3.05) is 14.2 Å². The van der Waals surface area contributed by atoms with Gasteiger partial charge < -0.3 is 10.1 Å². The smallest absolute Gasteiger partial charge is 0.0637 e. The van der Waals surface area contributed by atoms with Gasteiger partial charge in [0, 0.05) is 35.9 Å². The van der Waals surface area contributed by atoms with E-state index in [1.54, 1.807) is 7.11 Å². The standard InChI is InChI=1S/C13H21BrN2O/c1-13(2,17-4)8-12(15-3)7-11-6-5-10(14)9-16-11/h5-6,9,12,15H,7-8H2,1-4H3. The molecule has 0 saturated carbocycles. The van der Waals surface area contributed by atoms with E-state index >= 15 is 0 Å². The van der Waals surface area contributed by atoms with Gasteiger partial charge in [0.25, 0.3) is 0 Å². The highest BCUT2D eigenvalue weighted by Crippen LogP contribution is 2.18. The Hall–Kier alpha value is -0.450. The molecule has 1 aromatic heterocycles. The number of halogens is 1. The second-order valence-corrected chi connectivity index (χ2v) is 5.74. The molecule has 1 N–H and O–H groups in total. The van der Waals surface area contributed by atoms with Crippen molar-refractivity contribution in [2.24, 2.45) is 0 Å². The summed E-state index contributed by atoms with van der Waals surface area (Å²) in [6.45, 7) is 4.21. The first kappa shape index (κ1) is 14.6. The molecule has 17 heavy (non-hydrogen) atoms. The summed E-state index contributed by atoms with van der Waals surface area (Å²) >= 11 is 3.39. The number of methoxy groups -OCH3 is 1. The lowest BCUT2D eigenvalue weighted by Gasteiger charge is -2.28. The number of pyridine rings is 1. The molecule has 1 heterocycles. The summed E-state index contributed by atoms with van der Waals surface area (Å²) in [6, 6.07) is 4.45. The maximum Gasteiger partial charge on any atom is 0.0637 e. The van der Waals surface area contributed by atoms with Crippen molar-refractivity contribution in [3.05, 3.63) is 28.5 Å². The Kier molecular flexibility index (Phi) is 5.56. The molecule has 0 radical (unpaired) electrons. The lowest BCUT2D eigenvalue weighted by molar-refractivity contribution is 0.00766. The molecule has 0 aliphatic rings. The van der Waals surface area contributed by atoms with Crippen LogP contribution in [0.3, 0.4) is 0 Å². The highest BCUT2D eigenvalue weighted by molar-refractivity contribution is 9.10. The number of hydrogen-bond donors (Lipinski definition) is 1. The summed E-state index contributed by atoms with van der Waals surface area (Å²) in [4.78, 5) is 4.39. The van der Waals surface area contributed by atoms with Gasteiger partial charge >= 0.3 is 0 Å². The first-order chi connectivity index (χ1) is 7.96. The van der Waals surface area contributed by atoms with E-state index in [4.69, 9.17) is 4.74 Å². The first-order valence-corrected chi connectivity index (χ1v) is 6.59. The number of likely N-dealkylation sites (N-methyl/N-ethyl adjacent to an activating group) is 1. The molecular weight excluding hydrogens is 280 g/mol. The summed E-state index contributed by atoms with van der Waals surface area (Å²) in [5.74, 6) is 0. The van der Waals surface area contributed by atoms with Gasteiger partial charge in [0.15, 0.2) is 0 Å². The Balaban J connectivity index is 2.61. The Labute approximate surface area is 112 Å². The number of aromatic nitrogens is 1. The molecule has 1 atom stereocenters. The second kappa shape index (κ2) is 6.47. The second-order valence-electron chi connectivity index (χ2n) is 4.83. The summed E-state index contributed by atoms with van der Waals surface area (Å²) in [5.41, 5.74) is 0.989. The minimum atomic E-state index is -0.108. The van der Waals surface area contributed by atoms with E-state index in [2.05, 4.69) is 40.1 Å². The molecule has 0 amide bonds. The zero-order valence-corrected chi connectivity index (χ0v) is 12.5. The molecule has 0 fully saturated rings. The monoisotopic (exact) mass is 300 g/mol. The average Bonchev–Trinajstić information content (AvgIpc) is 2.31. The van der Waals surface area contributed by atoms with Crippen molar-refractivity contribution < 1.29 is 4.74 Å². The summed E-state index contributed by atoms with van der Waals surface area (Å²) < 4.78 is 6.47. The van der Waals surface area contributed by atoms with Crippen LogP contribution in [0.15, 0.2) is 22.8 Å². The van der Waals surface area contributed by atoms with E-state index < -0.39 is 0 Å². The number of ether oxygens (including phenoxy) is 1. The SMILES string of the molecule is CNC(Cc1ccc(Br)cn1)CC(C)(C)OC. The van der Waals surface area contributed by atoms with Gasteiger partial charge in [0.05, 0.1) is 5.60 Å². The van der Waals surface area contributed by atoms with Crippen LogP contribution in [-0.4, -0.2) is 30.8 Å². The van der Waals surface area contributed by atoms with Crippen LogP contribution in [0.2, 0.25) is 0 Å². The number of rotatable bonds is 6. The fourth-order valence-corrected chi connectivity index (χ4v) is 1.97. The van der Waals surface area contributed by atoms with E-state index in [-0.39, 0.29) is 5.60 Å². The lowest BCUT2D eigenvalue weighted by Crippen LogP contribution is -2.37. The van der Waals surface area contributed by atoms with E-state index in [1.807, 2.05) is 25.4 Å². The zero-order valence-electron chi connectivity index (χ0n) is 11.0. The summed E-state index contributed by atoms with van der Waals surface area (Å²) in [6.07, 6.45) is 3.71. The van der Waals surface area contributed by atoms with Gasteiger partial charge in [-0.3, -0.25) is 4.98 Å². The fraction of sp³-hybridized carbons (Fsp3) is 0.615. The third-order valence-electron chi connectivity index (χ3n) is 2.94. The molecule has 0 aliphatic heterocycles. The quantitative estimate of drug-likeness (QED) is 0.877. The van der Waals surface area contributed by atoms with Gasteiger partial charge in [-0.1, -0.05) is 0 Å². The topological polar surface area (TPSA) is 34.2 Å².